The van der Waals surface area contributed by atoms with E-state index >= 15 is 0 Å². The fraction of sp³-hybridized carbons (Fsp3) is 0.263. The largest absolute Gasteiger partial charge is 0.478 e. The molecule has 1 fully saturated rings. The Labute approximate surface area is 169 Å². The number of carbonyl (C=O) groups is 2. The number of aromatic carboxylic acids is 2. The van der Waals surface area contributed by atoms with Crippen LogP contribution in [0.15, 0.2) is 57.9 Å². The van der Waals surface area contributed by atoms with Gasteiger partial charge in [0.15, 0.2) is 6.29 Å². The van der Waals surface area contributed by atoms with Crippen LogP contribution in [0.1, 0.15) is 27.1 Å². The highest BCUT2D eigenvalue weighted by molar-refractivity contribution is 9.10. The maximum atomic E-state index is 10.8. The lowest BCUT2D eigenvalue weighted by molar-refractivity contribution is -0.0421. The lowest BCUT2D eigenvalue weighted by Gasteiger charge is -2.08. The van der Waals surface area contributed by atoms with E-state index in [9.17, 15) is 9.59 Å². The van der Waals surface area contributed by atoms with Crippen molar-refractivity contribution in [3.05, 3.63) is 64.1 Å². The summed E-state index contributed by atoms with van der Waals surface area (Å²) in [7, 11) is 0. The first kappa shape index (κ1) is 21.4. The highest BCUT2D eigenvalue weighted by Gasteiger charge is 2.15. The lowest BCUT2D eigenvalue weighted by atomic mass is 10.2. The molecule has 144 valence electrons. The van der Waals surface area contributed by atoms with Gasteiger partial charge in [0.05, 0.1) is 24.3 Å². The van der Waals surface area contributed by atoms with Crippen molar-refractivity contribution in [2.75, 3.05) is 19.0 Å². The minimum absolute atomic E-state index is 0.0924. The van der Waals surface area contributed by atoms with E-state index in [-0.39, 0.29) is 6.29 Å². The second kappa shape index (κ2) is 11.1. The second-order valence-electron chi connectivity index (χ2n) is 5.46. The molecule has 8 heteroatoms. The number of thioether (sulfide) groups is 1. The average molecular weight is 455 g/mol. The van der Waals surface area contributed by atoms with Crippen molar-refractivity contribution >= 4 is 39.6 Å². The maximum Gasteiger partial charge on any atom is 0.335 e. The summed E-state index contributed by atoms with van der Waals surface area (Å²) in [6.07, 6.45) is 0.729. The van der Waals surface area contributed by atoms with Crippen LogP contribution in [-0.4, -0.2) is 47.4 Å². The quantitative estimate of drug-likeness (QED) is 0.625. The predicted molar refractivity (Wildman–Crippen MR) is 106 cm³/mol. The van der Waals surface area contributed by atoms with Crippen molar-refractivity contribution < 1.29 is 29.3 Å². The van der Waals surface area contributed by atoms with Crippen LogP contribution in [0, 0.1) is 0 Å². The number of rotatable bonds is 6. The molecule has 1 saturated heterocycles. The van der Waals surface area contributed by atoms with Gasteiger partial charge < -0.3 is 19.7 Å². The highest BCUT2D eigenvalue weighted by atomic mass is 79.9. The van der Waals surface area contributed by atoms with Crippen molar-refractivity contribution in [2.45, 2.75) is 17.6 Å². The molecule has 1 aliphatic heterocycles. The van der Waals surface area contributed by atoms with Gasteiger partial charge in [-0.05, 0) is 36.4 Å². The molecule has 2 N–H and O–H groups in total. The summed E-state index contributed by atoms with van der Waals surface area (Å²) in [6, 6.07) is 13.5. The van der Waals surface area contributed by atoms with E-state index in [1.54, 1.807) is 54.2 Å². The van der Waals surface area contributed by atoms with Crippen LogP contribution in [0.3, 0.4) is 0 Å². The summed E-state index contributed by atoms with van der Waals surface area (Å²) in [4.78, 5) is 22.1. The number of hydrogen-bond donors (Lipinski definition) is 2. The maximum absolute atomic E-state index is 10.8. The molecule has 3 rings (SSSR count). The van der Waals surface area contributed by atoms with Gasteiger partial charge in [0, 0.05) is 21.5 Å². The Morgan fingerprint density at radius 2 is 1.59 bits per heavy atom. The minimum Gasteiger partial charge on any atom is -0.478 e. The van der Waals surface area contributed by atoms with Crippen molar-refractivity contribution in [1.82, 2.24) is 0 Å². The molecule has 0 spiro atoms. The van der Waals surface area contributed by atoms with Crippen molar-refractivity contribution in [2.24, 2.45) is 0 Å². The molecule has 0 amide bonds. The third-order valence-corrected chi connectivity index (χ3v) is 4.99. The normalized spacial score (nSPS) is 13.7. The molecule has 0 unspecified atom stereocenters. The number of halogens is 1. The predicted octanol–water partition coefficient (Wildman–Crippen LogP) is 4.39. The van der Waals surface area contributed by atoms with Gasteiger partial charge in [-0.2, -0.15) is 0 Å². The van der Waals surface area contributed by atoms with E-state index in [2.05, 4.69) is 15.9 Å². The third kappa shape index (κ3) is 7.72. The monoisotopic (exact) mass is 454 g/mol. The number of hydrogen-bond acceptors (Lipinski definition) is 5. The number of benzene rings is 2. The van der Waals surface area contributed by atoms with Gasteiger partial charge in [-0.3, -0.25) is 0 Å². The molecular weight excluding hydrogens is 436 g/mol. The topological polar surface area (TPSA) is 93.1 Å². The minimum atomic E-state index is -0.902. The van der Waals surface area contributed by atoms with Gasteiger partial charge in [-0.15, -0.1) is 11.8 Å². The van der Waals surface area contributed by atoms with Crippen LogP contribution < -0.4 is 0 Å². The Bertz CT molecular complexity index is 776. The van der Waals surface area contributed by atoms with E-state index < -0.39 is 11.9 Å². The van der Waals surface area contributed by atoms with Crippen LogP contribution in [0.25, 0.3) is 0 Å². The molecule has 2 aromatic rings. The van der Waals surface area contributed by atoms with Crippen LogP contribution in [0.4, 0.5) is 0 Å². The summed E-state index contributed by atoms with van der Waals surface area (Å²) in [6.45, 7) is 1.34. The fourth-order valence-electron chi connectivity index (χ4n) is 2.19. The van der Waals surface area contributed by atoms with Crippen LogP contribution in [-0.2, 0) is 9.47 Å². The Morgan fingerprint density at radius 1 is 1.00 bits per heavy atom. The van der Waals surface area contributed by atoms with E-state index in [4.69, 9.17) is 19.7 Å². The standard InChI is InChI=1S/C12H14O4S.C7H5BrO2/c13-12(14)9-2-1-3-10(8-9)17-7-4-11-15-5-6-16-11;8-6-3-1-2-5(4-6)7(9)10/h1-3,8,11H,4-7H2,(H,13,14);1-4H,(H,9,10). The second-order valence-corrected chi connectivity index (χ2v) is 7.54. The van der Waals surface area contributed by atoms with E-state index in [1.165, 1.54) is 0 Å². The molecule has 0 radical (unpaired) electrons. The van der Waals surface area contributed by atoms with Gasteiger partial charge in [-0.25, -0.2) is 9.59 Å². The molecule has 0 aliphatic carbocycles. The van der Waals surface area contributed by atoms with Gasteiger partial charge in [0.2, 0.25) is 0 Å². The lowest BCUT2D eigenvalue weighted by Crippen LogP contribution is -2.08. The molecule has 2 aromatic carbocycles. The first-order chi connectivity index (χ1) is 13.0. The van der Waals surface area contributed by atoms with Crippen molar-refractivity contribution in [1.29, 1.82) is 0 Å². The molecule has 0 atom stereocenters. The smallest absolute Gasteiger partial charge is 0.335 e. The first-order valence-corrected chi connectivity index (χ1v) is 9.92. The zero-order valence-electron chi connectivity index (χ0n) is 14.3. The average Bonchev–Trinajstić information content (AvgIpc) is 3.16. The van der Waals surface area contributed by atoms with Crippen LogP contribution >= 0.6 is 27.7 Å². The Hall–Kier alpha value is -1.87. The van der Waals surface area contributed by atoms with Gasteiger partial charge >= 0.3 is 11.9 Å². The summed E-state index contributed by atoms with van der Waals surface area (Å²) in [5.74, 6) is -0.940. The van der Waals surface area contributed by atoms with Crippen LogP contribution in [0.2, 0.25) is 0 Å². The van der Waals surface area contributed by atoms with Gasteiger partial charge in [-0.1, -0.05) is 28.1 Å². The zero-order chi connectivity index (χ0) is 19.6. The molecule has 0 aromatic heterocycles. The number of carboxylic acid groups (broad SMARTS) is 2. The molecule has 0 saturated carbocycles. The summed E-state index contributed by atoms with van der Waals surface area (Å²) >= 11 is 4.78. The fourth-order valence-corrected chi connectivity index (χ4v) is 3.52. The first-order valence-electron chi connectivity index (χ1n) is 8.14. The highest BCUT2D eigenvalue weighted by Crippen LogP contribution is 2.22. The molecular formula is C19H19BrO6S. The van der Waals surface area contributed by atoms with Crippen LogP contribution in [0.5, 0.6) is 0 Å². The zero-order valence-corrected chi connectivity index (χ0v) is 16.7. The molecule has 1 heterocycles. The van der Waals surface area contributed by atoms with E-state index in [0.717, 1.165) is 21.5 Å². The number of ether oxygens (including phenoxy) is 2. The number of carboxylic acids is 2. The molecule has 0 bridgehead atoms. The van der Waals surface area contributed by atoms with Crippen molar-refractivity contribution in [3.8, 4) is 0 Å². The van der Waals surface area contributed by atoms with E-state index in [1.807, 2.05) is 6.07 Å². The summed E-state index contributed by atoms with van der Waals surface area (Å²) in [5, 5.41) is 17.3. The third-order valence-electron chi connectivity index (χ3n) is 3.47. The summed E-state index contributed by atoms with van der Waals surface area (Å²) in [5.41, 5.74) is 0.623. The van der Waals surface area contributed by atoms with Gasteiger partial charge in [0.1, 0.15) is 0 Å². The Morgan fingerprint density at radius 3 is 2.15 bits per heavy atom. The van der Waals surface area contributed by atoms with E-state index in [0.29, 0.717) is 24.3 Å². The SMILES string of the molecule is O=C(O)c1cccc(Br)c1.O=C(O)c1cccc(SCCC2OCCO2)c1. The molecule has 27 heavy (non-hydrogen) atoms. The Balaban J connectivity index is 0.000000223. The Kier molecular flexibility index (Phi) is 8.80. The molecule has 1 aliphatic rings. The van der Waals surface area contributed by atoms with Gasteiger partial charge in [0.25, 0.3) is 0 Å². The molecule has 6 nitrogen and oxygen atoms in total. The van der Waals surface area contributed by atoms with Crippen molar-refractivity contribution in [3.63, 3.8) is 0 Å². The summed E-state index contributed by atoms with van der Waals surface area (Å²) < 4.78 is 11.4.